The zero-order valence-corrected chi connectivity index (χ0v) is 29.5. The van der Waals surface area contributed by atoms with E-state index < -0.39 is 0 Å². The summed E-state index contributed by atoms with van der Waals surface area (Å²) < 4.78 is 0. The van der Waals surface area contributed by atoms with E-state index in [1.165, 1.54) is 173 Å². The van der Waals surface area contributed by atoms with E-state index in [9.17, 15) is 0 Å². The number of guanidine groups is 2. The summed E-state index contributed by atoms with van der Waals surface area (Å²) in [4.78, 5) is 20.6. The number of likely N-dealkylation sites (tertiary alicyclic amines) is 1. The van der Waals surface area contributed by atoms with Gasteiger partial charge in [-0.15, -0.1) is 0 Å². The maximum Gasteiger partial charge on any atom is 0.196 e. The van der Waals surface area contributed by atoms with Gasteiger partial charge in [0, 0.05) is 52.9 Å². The molecule has 43 heavy (non-hydrogen) atoms. The second-order valence-electron chi connectivity index (χ2n) is 14.1. The summed E-state index contributed by atoms with van der Waals surface area (Å²) in [6.45, 7) is 12.7. The van der Waals surface area contributed by atoms with Crippen molar-refractivity contribution in [1.82, 2.24) is 19.6 Å². The molecule has 0 atom stereocenters. The molecule has 6 heteroatoms. The molecule has 1 saturated heterocycles. The number of aliphatic imine (C=N–C) groups is 2. The summed E-state index contributed by atoms with van der Waals surface area (Å²) in [5.74, 6) is 2.60. The highest BCUT2D eigenvalue weighted by Gasteiger charge is 2.25. The molecular formula is C37H72N6. The highest BCUT2D eigenvalue weighted by molar-refractivity contribution is 5.81. The van der Waals surface area contributed by atoms with Crippen molar-refractivity contribution in [1.29, 1.82) is 0 Å². The molecule has 4 aliphatic rings. The lowest BCUT2D eigenvalue weighted by molar-refractivity contribution is 0.247. The van der Waals surface area contributed by atoms with Gasteiger partial charge >= 0.3 is 0 Å². The van der Waals surface area contributed by atoms with Crippen LogP contribution in [0.4, 0.5) is 0 Å². The first-order valence-electron chi connectivity index (χ1n) is 19.2. The average molecular weight is 601 g/mol. The van der Waals surface area contributed by atoms with Crippen LogP contribution in [0.1, 0.15) is 162 Å². The Balaban J connectivity index is 0.000000236. The van der Waals surface area contributed by atoms with Crippen molar-refractivity contribution in [3.8, 4) is 0 Å². The van der Waals surface area contributed by atoms with Crippen LogP contribution in [-0.2, 0) is 0 Å². The monoisotopic (exact) mass is 601 g/mol. The van der Waals surface area contributed by atoms with Crippen LogP contribution in [0.2, 0.25) is 0 Å². The van der Waals surface area contributed by atoms with Crippen LogP contribution in [0.5, 0.6) is 0 Å². The molecule has 3 saturated carbocycles. The molecule has 6 nitrogen and oxygen atoms in total. The van der Waals surface area contributed by atoms with Crippen LogP contribution < -0.4 is 0 Å². The molecule has 0 N–H and O–H groups in total. The average Bonchev–Trinajstić information content (AvgIpc) is 3.07. The molecule has 1 aliphatic heterocycles. The van der Waals surface area contributed by atoms with Gasteiger partial charge in [-0.25, -0.2) is 9.98 Å². The summed E-state index contributed by atoms with van der Waals surface area (Å²) in [6, 6.07) is 1.87. The molecule has 1 heterocycles. The Morgan fingerprint density at radius 2 is 1.09 bits per heavy atom. The van der Waals surface area contributed by atoms with Gasteiger partial charge < -0.3 is 19.6 Å². The van der Waals surface area contributed by atoms with Crippen molar-refractivity contribution >= 4 is 11.9 Å². The first-order chi connectivity index (χ1) is 21.1. The minimum absolute atomic E-state index is 0.568. The van der Waals surface area contributed by atoms with Crippen molar-refractivity contribution < 1.29 is 0 Å². The summed E-state index contributed by atoms with van der Waals surface area (Å²) in [7, 11) is 4.54. The van der Waals surface area contributed by atoms with Crippen molar-refractivity contribution in [2.45, 2.75) is 180 Å². The fourth-order valence-corrected chi connectivity index (χ4v) is 7.54. The van der Waals surface area contributed by atoms with Gasteiger partial charge in [0.25, 0.3) is 0 Å². The highest BCUT2D eigenvalue weighted by atomic mass is 15.4. The van der Waals surface area contributed by atoms with Crippen molar-refractivity contribution in [3.63, 3.8) is 0 Å². The minimum atomic E-state index is 0.568. The lowest BCUT2D eigenvalue weighted by atomic mass is 9.94. The molecule has 3 aliphatic carbocycles. The number of piperidine rings is 1. The van der Waals surface area contributed by atoms with Crippen LogP contribution >= 0.6 is 0 Å². The molecular weight excluding hydrogens is 528 g/mol. The zero-order chi connectivity index (χ0) is 30.7. The molecule has 250 valence electrons. The lowest BCUT2D eigenvalue weighted by Gasteiger charge is -2.38. The van der Waals surface area contributed by atoms with E-state index in [4.69, 9.17) is 9.98 Å². The first-order valence-corrected chi connectivity index (χ1v) is 19.2. The Hall–Kier alpha value is -1.46. The van der Waals surface area contributed by atoms with E-state index in [0.717, 1.165) is 13.1 Å². The molecule has 4 fully saturated rings. The van der Waals surface area contributed by atoms with Crippen molar-refractivity contribution in [2.75, 3.05) is 46.8 Å². The Morgan fingerprint density at radius 1 is 0.605 bits per heavy atom. The molecule has 0 aromatic carbocycles. The Bertz CT molecular complexity index is 757. The van der Waals surface area contributed by atoms with Crippen LogP contribution in [0.3, 0.4) is 0 Å². The van der Waals surface area contributed by atoms with Gasteiger partial charge in [0.1, 0.15) is 0 Å². The summed E-state index contributed by atoms with van der Waals surface area (Å²) in [6.07, 6.45) is 29.6. The summed E-state index contributed by atoms with van der Waals surface area (Å²) in [5.41, 5.74) is 0. The topological polar surface area (TPSA) is 37.7 Å². The molecule has 0 bridgehead atoms. The largest absolute Gasteiger partial charge is 0.346 e. The van der Waals surface area contributed by atoms with Crippen molar-refractivity contribution in [3.05, 3.63) is 0 Å². The molecule has 0 amide bonds. The molecule has 0 aromatic rings. The molecule has 0 unspecified atom stereocenters. The third-order valence-electron chi connectivity index (χ3n) is 10.5. The Labute approximate surface area is 268 Å². The number of rotatable bonds is 10. The van der Waals surface area contributed by atoms with Gasteiger partial charge in [0.2, 0.25) is 0 Å². The maximum atomic E-state index is 5.25. The van der Waals surface area contributed by atoms with Gasteiger partial charge in [-0.3, -0.25) is 0 Å². The first kappa shape index (κ1) is 36.0. The van der Waals surface area contributed by atoms with E-state index in [-0.39, 0.29) is 0 Å². The fourth-order valence-electron chi connectivity index (χ4n) is 7.54. The lowest BCUT2D eigenvalue weighted by Crippen LogP contribution is -2.47. The van der Waals surface area contributed by atoms with Crippen LogP contribution in [0, 0.1) is 0 Å². The van der Waals surface area contributed by atoms with Gasteiger partial charge in [0.15, 0.2) is 11.9 Å². The minimum Gasteiger partial charge on any atom is -0.346 e. The quantitative estimate of drug-likeness (QED) is 0.185. The molecule has 4 rings (SSSR count). The van der Waals surface area contributed by atoms with Gasteiger partial charge in [-0.05, 0) is 77.6 Å². The molecule has 0 aromatic heterocycles. The normalized spacial score (nSPS) is 21.7. The number of hydrogen-bond donors (Lipinski definition) is 0. The van der Waals surface area contributed by atoms with E-state index in [0.29, 0.717) is 18.1 Å². The van der Waals surface area contributed by atoms with Gasteiger partial charge in [0.05, 0.1) is 12.1 Å². The number of unbranched alkanes of at least 4 members (excludes halogenated alkanes) is 2. The van der Waals surface area contributed by atoms with Gasteiger partial charge in [-0.2, -0.15) is 0 Å². The SMILES string of the molecule is CCCCN(C)C(=NC1CCCCC1)N(C)C1CCCCC1.CCCCN(CC)C(=NC1CCCCC1)N1CCCCC1. The van der Waals surface area contributed by atoms with Gasteiger partial charge in [-0.1, -0.05) is 84.5 Å². The summed E-state index contributed by atoms with van der Waals surface area (Å²) in [5, 5.41) is 0. The second-order valence-corrected chi connectivity index (χ2v) is 14.1. The second kappa shape index (κ2) is 21.3. The Morgan fingerprint density at radius 3 is 1.63 bits per heavy atom. The van der Waals surface area contributed by atoms with E-state index in [1.807, 2.05) is 0 Å². The van der Waals surface area contributed by atoms with E-state index >= 15 is 0 Å². The van der Waals surface area contributed by atoms with Crippen LogP contribution in [-0.4, -0.2) is 96.5 Å². The number of hydrogen-bond acceptors (Lipinski definition) is 2. The fraction of sp³-hybridized carbons (Fsp3) is 0.946. The zero-order valence-electron chi connectivity index (χ0n) is 29.5. The summed E-state index contributed by atoms with van der Waals surface area (Å²) >= 11 is 0. The van der Waals surface area contributed by atoms with E-state index in [2.05, 4.69) is 54.5 Å². The third-order valence-corrected chi connectivity index (χ3v) is 10.5. The third kappa shape index (κ3) is 12.8. The smallest absolute Gasteiger partial charge is 0.196 e. The standard InChI is InChI=1S/C19H37N3.C18H35N3/c1-4-5-16-21(2)19(20-17-12-8-6-9-13-17)22(3)18-14-10-7-11-15-18;1-3-5-14-20(4-2)18(21-15-10-7-11-16-21)19-17-12-8-6-9-13-17/h17-18H,4-16H2,1-3H3;17H,3-16H2,1-2H3. The predicted octanol–water partition coefficient (Wildman–Crippen LogP) is 8.95. The van der Waals surface area contributed by atoms with Crippen LogP contribution in [0.15, 0.2) is 9.98 Å². The van der Waals surface area contributed by atoms with E-state index in [1.54, 1.807) is 0 Å². The molecule has 0 radical (unpaired) electrons. The maximum absolute atomic E-state index is 5.25. The number of nitrogens with zero attached hydrogens (tertiary/aromatic N) is 6. The van der Waals surface area contributed by atoms with Crippen LogP contribution in [0.25, 0.3) is 0 Å². The Kier molecular flexibility index (Phi) is 17.8. The predicted molar refractivity (Wildman–Crippen MR) is 188 cm³/mol. The highest BCUT2D eigenvalue weighted by Crippen LogP contribution is 2.25. The van der Waals surface area contributed by atoms with Crippen molar-refractivity contribution in [2.24, 2.45) is 9.98 Å². The molecule has 0 spiro atoms.